The van der Waals surface area contributed by atoms with Crippen molar-refractivity contribution >= 4 is 5.82 Å². The van der Waals surface area contributed by atoms with Gasteiger partial charge in [-0.1, -0.05) is 6.07 Å². The van der Waals surface area contributed by atoms with Crippen LogP contribution in [0.5, 0.6) is 11.5 Å². The number of nitrogens with two attached hydrogens (primary N) is 1. The third-order valence-electron chi connectivity index (χ3n) is 4.34. The van der Waals surface area contributed by atoms with Crippen LogP contribution in [0.25, 0.3) is 5.69 Å². The van der Waals surface area contributed by atoms with E-state index in [-0.39, 0.29) is 28.6 Å². The second-order valence-corrected chi connectivity index (χ2v) is 6.41. The maximum Gasteiger partial charge on any atom is 0.350 e. The van der Waals surface area contributed by atoms with Crippen LogP contribution in [0.4, 0.5) is 23.4 Å². The van der Waals surface area contributed by atoms with Crippen LogP contribution in [0.3, 0.4) is 0 Å². The zero-order valence-electron chi connectivity index (χ0n) is 15.6. The highest BCUT2D eigenvalue weighted by Gasteiger charge is 2.15. The third kappa shape index (κ3) is 3.97. The van der Waals surface area contributed by atoms with Crippen molar-refractivity contribution in [1.82, 2.24) is 19.3 Å². The molecule has 0 saturated heterocycles. The van der Waals surface area contributed by atoms with Gasteiger partial charge in [-0.05, 0) is 24.3 Å². The van der Waals surface area contributed by atoms with Crippen LogP contribution in [0, 0.1) is 23.3 Å². The molecule has 2 N–H and O–H groups in total. The summed E-state index contributed by atoms with van der Waals surface area (Å²) in [4.78, 5) is 16.1. The molecule has 31 heavy (non-hydrogen) atoms. The molecule has 0 fully saturated rings. The predicted molar refractivity (Wildman–Crippen MR) is 102 cm³/mol. The predicted octanol–water partition coefficient (Wildman–Crippen LogP) is 3.41. The second-order valence-electron chi connectivity index (χ2n) is 6.41. The molecular formula is C20H13F4N5O2. The molecule has 0 bridgehead atoms. The van der Waals surface area contributed by atoms with Crippen molar-refractivity contribution in [2.45, 2.75) is 6.54 Å². The third-order valence-corrected chi connectivity index (χ3v) is 4.34. The summed E-state index contributed by atoms with van der Waals surface area (Å²) in [6.07, 6.45) is 1.91. The van der Waals surface area contributed by atoms with E-state index in [1.165, 1.54) is 18.2 Å². The van der Waals surface area contributed by atoms with E-state index in [1.807, 2.05) is 0 Å². The first-order valence-corrected chi connectivity index (χ1v) is 8.79. The van der Waals surface area contributed by atoms with E-state index >= 15 is 0 Å². The molecule has 0 saturated carbocycles. The fourth-order valence-electron chi connectivity index (χ4n) is 2.81. The number of rotatable bonds is 5. The number of ether oxygens (including phenoxy) is 1. The molecule has 0 aliphatic heterocycles. The van der Waals surface area contributed by atoms with Gasteiger partial charge in [-0.2, -0.15) is 9.78 Å². The van der Waals surface area contributed by atoms with Crippen LogP contribution in [-0.4, -0.2) is 19.3 Å². The standard InChI is InChI=1S/C20H13F4N5O2/c21-13-2-1-3-14(22)12(13)9-28-10-27-29(20(28)30)11-4-5-17(15(23)6-11)31-18-7-19(25)26-8-16(18)24/h1-8,10H,9H2,(H2,25,26). The Labute approximate surface area is 172 Å². The first-order valence-electron chi connectivity index (χ1n) is 8.79. The van der Waals surface area contributed by atoms with Crippen LogP contribution >= 0.6 is 0 Å². The molecule has 0 aliphatic carbocycles. The van der Waals surface area contributed by atoms with Crippen molar-refractivity contribution in [2.24, 2.45) is 0 Å². The monoisotopic (exact) mass is 431 g/mol. The quantitative estimate of drug-likeness (QED) is 0.490. The minimum atomic E-state index is -0.908. The normalized spacial score (nSPS) is 11.0. The van der Waals surface area contributed by atoms with Crippen molar-refractivity contribution < 1.29 is 22.3 Å². The zero-order chi connectivity index (χ0) is 22.1. The van der Waals surface area contributed by atoms with E-state index in [1.54, 1.807) is 0 Å². The zero-order valence-corrected chi connectivity index (χ0v) is 15.6. The summed E-state index contributed by atoms with van der Waals surface area (Å²) in [5.41, 5.74) is 4.44. The lowest BCUT2D eigenvalue weighted by molar-refractivity contribution is 0.413. The van der Waals surface area contributed by atoms with E-state index in [0.29, 0.717) is 0 Å². The van der Waals surface area contributed by atoms with Gasteiger partial charge >= 0.3 is 5.69 Å². The lowest BCUT2D eigenvalue weighted by Crippen LogP contribution is -2.24. The smallest absolute Gasteiger partial charge is 0.350 e. The average molecular weight is 431 g/mol. The molecule has 0 aliphatic rings. The van der Waals surface area contributed by atoms with Crippen molar-refractivity contribution in [3.63, 3.8) is 0 Å². The summed E-state index contributed by atoms with van der Waals surface area (Å²) >= 11 is 0. The summed E-state index contributed by atoms with van der Waals surface area (Å²) in [5, 5.41) is 3.85. The number of hydrogen-bond acceptors (Lipinski definition) is 5. The number of anilines is 1. The Kier molecular flexibility index (Phi) is 5.15. The summed E-state index contributed by atoms with van der Waals surface area (Å²) < 4.78 is 62.9. The van der Waals surface area contributed by atoms with Gasteiger partial charge in [0.15, 0.2) is 23.1 Å². The molecule has 0 atom stereocenters. The molecule has 2 heterocycles. The largest absolute Gasteiger partial charge is 0.451 e. The van der Waals surface area contributed by atoms with Crippen molar-refractivity contribution in [3.05, 3.63) is 94.3 Å². The number of halogens is 4. The van der Waals surface area contributed by atoms with Gasteiger partial charge in [-0.3, -0.25) is 4.57 Å². The lowest BCUT2D eigenvalue weighted by Gasteiger charge is -2.09. The van der Waals surface area contributed by atoms with Gasteiger partial charge in [0, 0.05) is 17.7 Å². The number of benzene rings is 2. The number of aromatic nitrogens is 4. The molecule has 0 unspecified atom stereocenters. The molecular weight excluding hydrogens is 418 g/mol. The number of hydrogen-bond donors (Lipinski definition) is 1. The average Bonchev–Trinajstić information content (AvgIpc) is 3.09. The maximum absolute atomic E-state index is 14.5. The lowest BCUT2D eigenvalue weighted by atomic mass is 10.2. The molecule has 11 heteroatoms. The highest BCUT2D eigenvalue weighted by Crippen LogP contribution is 2.28. The Morgan fingerprint density at radius 3 is 2.39 bits per heavy atom. The van der Waals surface area contributed by atoms with Crippen LogP contribution in [0.2, 0.25) is 0 Å². The van der Waals surface area contributed by atoms with E-state index < -0.39 is 35.5 Å². The Morgan fingerprint density at radius 2 is 1.68 bits per heavy atom. The molecule has 0 radical (unpaired) electrons. The van der Waals surface area contributed by atoms with Crippen LogP contribution in [0.15, 0.2) is 59.8 Å². The van der Waals surface area contributed by atoms with E-state index in [9.17, 15) is 22.4 Å². The highest BCUT2D eigenvalue weighted by molar-refractivity contribution is 5.43. The van der Waals surface area contributed by atoms with Crippen LogP contribution in [0.1, 0.15) is 5.56 Å². The van der Waals surface area contributed by atoms with Gasteiger partial charge in [-0.15, -0.1) is 0 Å². The minimum absolute atomic E-state index is 0.0168. The van der Waals surface area contributed by atoms with Gasteiger partial charge in [0.25, 0.3) is 0 Å². The molecule has 4 rings (SSSR count). The van der Waals surface area contributed by atoms with E-state index in [4.69, 9.17) is 10.5 Å². The summed E-state index contributed by atoms with van der Waals surface area (Å²) in [7, 11) is 0. The molecule has 2 aromatic heterocycles. The van der Waals surface area contributed by atoms with Gasteiger partial charge in [0.05, 0.1) is 18.4 Å². The first-order chi connectivity index (χ1) is 14.8. The van der Waals surface area contributed by atoms with Gasteiger partial charge in [-0.25, -0.2) is 27.3 Å². The SMILES string of the molecule is Nc1cc(Oc2ccc(-n3ncn(Cc4c(F)cccc4F)c3=O)cc2F)c(F)cn1. The van der Waals surface area contributed by atoms with Gasteiger partial charge in [0.1, 0.15) is 23.8 Å². The summed E-state index contributed by atoms with van der Waals surface area (Å²) in [6, 6.07) is 7.87. The Balaban J connectivity index is 1.62. The van der Waals surface area contributed by atoms with Crippen LogP contribution in [-0.2, 0) is 6.54 Å². The Hall–Kier alpha value is -4.15. The minimum Gasteiger partial charge on any atom is -0.451 e. The molecule has 158 valence electrons. The topological polar surface area (TPSA) is 88.0 Å². The molecule has 0 spiro atoms. The van der Waals surface area contributed by atoms with Gasteiger partial charge in [0.2, 0.25) is 0 Å². The Morgan fingerprint density at radius 1 is 0.935 bits per heavy atom. The molecule has 7 nitrogen and oxygen atoms in total. The first kappa shape index (κ1) is 20.1. The van der Waals surface area contributed by atoms with Crippen molar-refractivity contribution in [2.75, 3.05) is 5.73 Å². The fraction of sp³-hybridized carbons (Fsp3) is 0.0500. The van der Waals surface area contributed by atoms with Crippen molar-refractivity contribution in [1.29, 1.82) is 0 Å². The molecule has 2 aromatic carbocycles. The van der Waals surface area contributed by atoms with Gasteiger partial charge < -0.3 is 10.5 Å². The number of pyridine rings is 1. The van der Waals surface area contributed by atoms with Crippen molar-refractivity contribution in [3.8, 4) is 17.2 Å². The number of nitrogen functional groups attached to an aromatic ring is 1. The van der Waals surface area contributed by atoms with E-state index in [0.717, 1.165) is 46.0 Å². The second kappa shape index (κ2) is 7.94. The molecule has 4 aromatic rings. The van der Waals surface area contributed by atoms with E-state index in [2.05, 4.69) is 10.1 Å². The summed E-state index contributed by atoms with van der Waals surface area (Å²) in [5.74, 6) is -4.03. The molecule has 0 amide bonds. The highest BCUT2D eigenvalue weighted by atomic mass is 19.1. The maximum atomic E-state index is 14.5. The number of nitrogens with zero attached hydrogens (tertiary/aromatic N) is 4. The fourth-order valence-corrected chi connectivity index (χ4v) is 2.81. The van der Waals surface area contributed by atoms with Crippen LogP contribution < -0.4 is 16.2 Å². The summed E-state index contributed by atoms with van der Waals surface area (Å²) in [6.45, 7) is -0.399. The Bertz CT molecular complexity index is 1320.